The number of amides is 1. The maximum absolute atomic E-state index is 13.2. The van der Waals surface area contributed by atoms with E-state index in [0.29, 0.717) is 21.9 Å². The van der Waals surface area contributed by atoms with Crippen molar-refractivity contribution in [3.05, 3.63) is 92.4 Å². The molecule has 4 aromatic rings. The van der Waals surface area contributed by atoms with Crippen LogP contribution in [-0.4, -0.2) is 18.0 Å². The number of methoxy groups -OCH3 is 1. The molecule has 0 aliphatic rings. The third-order valence-corrected chi connectivity index (χ3v) is 5.61. The Bertz CT molecular complexity index is 1230. The molecule has 2 heterocycles. The molecule has 5 nitrogen and oxygen atoms in total. The van der Waals surface area contributed by atoms with Crippen LogP contribution in [0.5, 0.6) is 5.75 Å². The Labute approximate surface area is 172 Å². The van der Waals surface area contributed by atoms with Crippen LogP contribution in [0.1, 0.15) is 20.8 Å². The zero-order valence-electron chi connectivity index (χ0n) is 16.1. The maximum Gasteiger partial charge on any atom is 0.268 e. The van der Waals surface area contributed by atoms with Crippen LogP contribution in [0.25, 0.3) is 10.9 Å². The highest BCUT2D eigenvalue weighted by Gasteiger charge is 2.21. The second kappa shape index (κ2) is 7.93. The lowest BCUT2D eigenvalue weighted by atomic mass is 10.1. The van der Waals surface area contributed by atoms with Crippen molar-refractivity contribution in [2.45, 2.75) is 13.5 Å². The molecule has 0 atom stereocenters. The summed E-state index contributed by atoms with van der Waals surface area (Å²) in [6, 6.07) is 18.7. The summed E-state index contributed by atoms with van der Waals surface area (Å²) >= 11 is 1.37. The van der Waals surface area contributed by atoms with E-state index in [-0.39, 0.29) is 18.0 Å². The molecule has 0 spiro atoms. The molecule has 0 saturated heterocycles. The number of carbonyl (C=O) groups excluding carboxylic acids is 1. The Morgan fingerprint density at radius 2 is 1.97 bits per heavy atom. The number of nitrogens with zero attached hydrogens (tertiary/aromatic N) is 1. The van der Waals surface area contributed by atoms with Crippen molar-refractivity contribution in [2.24, 2.45) is 0 Å². The zero-order chi connectivity index (χ0) is 20.4. The molecule has 2 aromatic carbocycles. The van der Waals surface area contributed by atoms with E-state index in [1.54, 1.807) is 24.1 Å². The van der Waals surface area contributed by atoms with Crippen LogP contribution >= 0.6 is 11.3 Å². The number of carbonyl (C=O) groups is 1. The third-order valence-electron chi connectivity index (χ3n) is 4.75. The van der Waals surface area contributed by atoms with Gasteiger partial charge in [0.05, 0.1) is 18.5 Å². The first-order valence-corrected chi connectivity index (χ1v) is 10.0. The summed E-state index contributed by atoms with van der Waals surface area (Å²) in [4.78, 5) is 31.1. The molecule has 0 unspecified atom stereocenters. The average molecular weight is 404 g/mol. The lowest BCUT2D eigenvalue weighted by Gasteiger charge is -2.23. The van der Waals surface area contributed by atoms with Crippen LogP contribution in [0.3, 0.4) is 0 Å². The third kappa shape index (κ3) is 3.93. The number of ether oxygens (including phenoxy) is 1. The molecule has 0 fully saturated rings. The van der Waals surface area contributed by atoms with Crippen LogP contribution < -0.4 is 15.2 Å². The van der Waals surface area contributed by atoms with Crippen molar-refractivity contribution in [1.29, 1.82) is 0 Å². The molecule has 0 aliphatic carbocycles. The van der Waals surface area contributed by atoms with Crippen LogP contribution in [0.15, 0.2) is 70.8 Å². The van der Waals surface area contributed by atoms with Crippen molar-refractivity contribution in [2.75, 3.05) is 12.0 Å². The summed E-state index contributed by atoms with van der Waals surface area (Å²) in [7, 11) is 1.58. The molecule has 0 aliphatic heterocycles. The molecule has 1 N–H and O–H groups in total. The Balaban J connectivity index is 1.78. The first-order valence-electron chi connectivity index (χ1n) is 9.17. The Kier molecular flexibility index (Phi) is 5.18. The van der Waals surface area contributed by atoms with E-state index in [9.17, 15) is 9.59 Å². The highest BCUT2D eigenvalue weighted by Crippen LogP contribution is 2.26. The lowest BCUT2D eigenvalue weighted by molar-refractivity contribution is 0.0989. The number of aryl methyl sites for hydroxylation is 1. The highest BCUT2D eigenvalue weighted by atomic mass is 32.1. The van der Waals surface area contributed by atoms with E-state index >= 15 is 0 Å². The number of nitrogens with one attached hydrogen (secondary N) is 1. The number of hydrogen-bond acceptors (Lipinski definition) is 4. The number of H-pyrrole nitrogens is 1. The van der Waals surface area contributed by atoms with Gasteiger partial charge in [0.2, 0.25) is 0 Å². The number of rotatable bonds is 5. The summed E-state index contributed by atoms with van der Waals surface area (Å²) in [5.74, 6) is 0.492. The van der Waals surface area contributed by atoms with Gasteiger partial charge in [-0.15, -0.1) is 11.3 Å². The van der Waals surface area contributed by atoms with Gasteiger partial charge in [-0.2, -0.15) is 0 Å². The second-order valence-electron chi connectivity index (χ2n) is 6.78. The molecule has 0 radical (unpaired) electrons. The standard InChI is InChI=1S/C23H20N2O3S/c1-15-8-9-16-12-17(22(26)24-20(16)11-15)14-25(23(27)21-7-4-10-29-21)18-5-3-6-19(13-18)28-2/h3-13H,14H2,1-2H3,(H,24,26). The number of benzene rings is 2. The number of thiophene rings is 1. The van der Waals surface area contributed by atoms with Crippen LogP contribution in [0.4, 0.5) is 5.69 Å². The molecule has 0 bridgehead atoms. The van der Waals surface area contributed by atoms with Gasteiger partial charge in [0, 0.05) is 22.8 Å². The molecular weight excluding hydrogens is 384 g/mol. The molecule has 2 aromatic heterocycles. The average Bonchev–Trinajstić information content (AvgIpc) is 3.27. The van der Waals surface area contributed by atoms with Gasteiger partial charge in [0.1, 0.15) is 5.75 Å². The Hall–Kier alpha value is -3.38. The molecule has 0 saturated carbocycles. The molecule has 29 heavy (non-hydrogen) atoms. The van der Waals surface area contributed by atoms with E-state index in [1.165, 1.54) is 11.3 Å². The van der Waals surface area contributed by atoms with Gasteiger partial charge in [-0.25, -0.2) is 0 Å². The smallest absolute Gasteiger partial charge is 0.268 e. The van der Waals surface area contributed by atoms with Crippen LogP contribution in [0, 0.1) is 6.92 Å². The Morgan fingerprint density at radius 3 is 2.72 bits per heavy atom. The van der Waals surface area contributed by atoms with Gasteiger partial charge >= 0.3 is 0 Å². The van der Waals surface area contributed by atoms with Crippen LogP contribution in [0.2, 0.25) is 0 Å². The predicted molar refractivity (Wildman–Crippen MR) is 117 cm³/mol. The number of aromatic amines is 1. The molecule has 1 amide bonds. The monoisotopic (exact) mass is 404 g/mol. The van der Waals surface area contributed by atoms with E-state index in [4.69, 9.17) is 4.74 Å². The number of fused-ring (bicyclic) bond motifs is 1. The van der Waals surface area contributed by atoms with Gasteiger partial charge in [-0.05, 0) is 53.6 Å². The van der Waals surface area contributed by atoms with Crippen molar-refractivity contribution < 1.29 is 9.53 Å². The topological polar surface area (TPSA) is 62.4 Å². The summed E-state index contributed by atoms with van der Waals surface area (Å²) in [6.07, 6.45) is 0. The number of hydrogen-bond donors (Lipinski definition) is 1. The second-order valence-corrected chi connectivity index (χ2v) is 7.73. The minimum Gasteiger partial charge on any atom is -0.497 e. The number of aromatic nitrogens is 1. The normalized spacial score (nSPS) is 10.8. The molecule has 4 rings (SSSR count). The van der Waals surface area contributed by atoms with Gasteiger partial charge < -0.3 is 14.6 Å². The van der Waals surface area contributed by atoms with Gasteiger partial charge in [0.25, 0.3) is 11.5 Å². The highest BCUT2D eigenvalue weighted by molar-refractivity contribution is 7.12. The van der Waals surface area contributed by atoms with Gasteiger partial charge in [0.15, 0.2) is 0 Å². The zero-order valence-corrected chi connectivity index (χ0v) is 17.0. The quantitative estimate of drug-likeness (QED) is 0.522. The first-order chi connectivity index (χ1) is 14.0. The SMILES string of the molecule is COc1cccc(N(Cc2cc3ccc(C)cc3[nH]c2=O)C(=O)c2cccs2)c1. The summed E-state index contributed by atoms with van der Waals surface area (Å²) in [5, 5.41) is 2.79. The van der Waals surface area contributed by atoms with Crippen molar-refractivity contribution >= 4 is 33.8 Å². The largest absolute Gasteiger partial charge is 0.497 e. The number of anilines is 1. The summed E-state index contributed by atoms with van der Waals surface area (Å²) < 4.78 is 5.31. The van der Waals surface area contributed by atoms with Gasteiger partial charge in [-0.3, -0.25) is 9.59 Å². The summed E-state index contributed by atoms with van der Waals surface area (Å²) in [6.45, 7) is 2.14. The minimum absolute atomic E-state index is 0.156. The summed E-state index contributed by atoms with van der Waals surface area (Å²) in [5.41, 5.74) is 2.86. The van der Waals surface area contributed by atoms with Crippen molar-refractivity contribution in [3.63, 3.8) is 0 Å². The maximum atomic E-state index is 13.2. The van der Waals surface area contributed by atoms with E-state index in [1.807, 2.05) is 60.8 Å². The fraction of sp³-hybridized carbons (Fsp3) is 0.130. The minimum atomic E-state index is -0.199. The lowest BCUT2D eigenvalue weighted by Crippen LogP contribution is -2.32. The van der Waals surface area contributed by atoms with Crippen molar-refractivity contribution in [1.82, 2.24) is 4.98 Å². The fourth-order valence-corrected chi connectivity index (χ4v) is 3.91. The molecule has 146 valence electrons. The van der Waals surface area contributed by atoms with Crippen LogP contribution in [-0.2, 0) is 6.54 Å². The van der Waals surface area contributed by atoms with E-state index in [0.717, 1.165) is 16.5 Å². The van der Waals surface area contributed by atoms with E-state index in [2.05, 4.69) is 4.98 Å². The molecular formula is C23H20N2O3S. The first kappa shape index (κ1) is 19.0. The van der Waals surface area contributed by atoms with E-state index < -0.39 is 0 Å². The Morgan fingerprint density at radius 1 is 1.10 bits per heavy atom. The van der Waals surface area contributed by atoms with Crippen molar-refractivity contribution in [3.8, 4) is 5.75 Å². The van der Waals surface area contributed by atoms with Gasteiger partial charge in [-0.1, -0.05) is 24.3 Å². The predicted octanol–water partition coefficient (Wildman–Crippen LogP) is 4.75. The number of pyridine rings is 1. The molecule has 6 heteroatoms. The fourth-order valence-electron chi connectivity index (χ4n) is 3.24.